The van der Waals surface area contributed by atoms with Crippen LogP contribution in [0.15, 0.2) is 23.4 Å². The predicted octanol–water partition coefficient (Wildman–Crippen LogP) is 1.63. The van der Waals surface area contributed by atoms with E-state index < -0.39 is 11.8 Å². The lowest BCUT2D eigenvalue weighted by molar-refractivity contribution is -0.133. The minimum atomic E-state index is -1.01. The van der Waals surface area contributed by atoms with E-state index in [4.69, 9.17) is 22.6 Å². The van der Waals surface area contributed by atoms with Crippen molar-refractivity contribution in [1.29, 1.82) is 0 Å². The van der Waals surface area contributed by atoms with Crippen LogP contribution in [-0.2, 0) is 4.79 Å². The first-order valence-corrected chi connectivity index (χ1v) is 6.36. The Bertz CT molecular complexity index is 634. The normalized spacial score (nSPS) is 10.6. The molecule has 0 spiro atoms. The number of benzene rings is 1. The quantitative estimate of drug-likeness (QED) is 0.658. The van der Waals surface area contributed by atoms with Crippen molar-refractivity contribution in [3.63, 3.8) is 0 Å². The topological polar surface area (TPSA) is 94.0 Å². The van der Waals surface area contributed by atoms with E-state index in [1.54, 1.807) is 0 Å². The molecule has 0 amide bonds. The molecule has 0 bridgehead atoms. The van der Waals surface area contributed by atoms with Crippen molar-refractivity contribution in [1.82, 2.24) is 14.9 Å². The van der Waals surface area contributed by atoms with Crippen molar-refractivity contribution in [2.75, 3.05) is 11.6 Å². The molecule has 0 aliphatic heterocycles. The smallest absolute Gasteiger partial charge is 0.313 e. The van der Waals surface area contributed by atoms with Gasteiger partial charge in [0, 0.05) is 5.02 Å². The summed E-state index contributed by atoms with van der Waals surface area (Å²) in [6.45, 7) is 0. The van der Waals surface area contributed by atoms with Gasteiger partial charge in [-0.1, -0.05) is 23.4 Å². The molecule has 0 saturated carbocycles. The Hall–Kier alpha value is -1.80. The molecule has 3 N–H and O–H groups in total. The van der Waals surface area contributed by atoms with Crippen molar-refractivity contribution >= 4 is 29.3 Å². The lowest BCUT2D eigenvalue weighted by atomic mass is 10.2. The second kappa shape index (κ2) is 5.45. The summed E-state index contributed by atoms with van der Waals surface area (Å²) in [5.74, 6) is 4.02. The van der Waals surface area contributed by atoms with Crippen LogP contribution < -0.4 is 5.84 Å². The van der Waals surface area contributed by atoms with Crippen LogP contribution in [0, 0.1) is 5.82 Å². The van der Waals surface area contributed by atoms with E-state index in [1.165, 1.54) is 18.2 Å². The van der Waals surface area contributed by atoms with Crippen molar-refractivity contribution < 1.29 is 14.3 Å². The number of hydrogen-bond acceptors (Lipinski definition) is 5. The Balaban J connectivity index is 2.36. The maximum atomic E-state index is 13.7. The fourth-order valence-electron chi connectivity index (χ4n) is 1.35. The van der Waals surface area contributed by atoms with Crippen LogP contribution in [0.1, 0.15) is 0 Å². The highest BCUT2D eigenvalue weighted by molar-refractivity contribution is 7.99. The number of carbonyl (C=O) groups is 1. The summed E-state index contributed by atoms with van der Waals surface area (Å²) < 4.78 is 14.7. The van der Waals surface area contributed by atoms with Gasteiger partial charge in [0.15, 0.2) is 5.82 Å². The summed E-state index contributed by atoms with van der Waals surface area (Å²) in [4.78, 5) is 10.5. The summed E-state index contributed by atoms with van der Waals surface area (Å²) >= 11 is 6.67. The molecule has 0 fully saturated rings. The zero-order valence-corrected chi connectivity index (χ0v) is 11.0. The summed E-state index contributed by atoms with van der Waals surface area (Å²) in [6, 6.07) is 3.96. The van der Waals surface area contributed by atoms with Crippen molar-refractivity contribution in [3.8, 4) is 11.4 Å². The van der Waals surface area contributed by atoms with Gasteiger partial charge in [0.25, 0.3) is 0 Å². The van der Waals surface area contributed by atoms with Gasteiger partial charge < -0.3 is 10.9 Å². The molecule has 0 saturated heterocycles. The minimum absolute atomic E-state index is 0.0767. The number of nitrogens with zero attached hydrogens (tertiary/aromatic N) is 3. The number of nitrogen functional groups attached to an aromatic ring is 1. The molecule has 19 heavy (non-hydrogen) atoms. The molecule has 0 atom stereocenters. The molecule has 0 unspecified atom stereocenters. The zero-order valence-electron chi connectivity index (χ0n) is 9.38. The van der Waals surface area contributed by atoms with E-state index in [1.807, 2.05) is 0 Å². The fraction of sp³-hybridized carbons (Fsp3) is 0.100. The number of nitrogens with two attached hydrogens (primary N) is 1. The maximum Gasteiger partial charge on any atom is 0.313 e. The largest absolute Gasteiger partial charge is 0.481 e. The third kappa shape index (κ3) is 2.96. The second-order valence-corrected chi connectivity index (χ2v) is 4.86. The van der Waals surface area contributed by atoms with Gasteiger partial charge >= 0.3 is 5.97 Å². The van der Waals surface area contributed by atoms with E-state index in [0.29, 0.717) is 5.02 Å². The first kappa shape index (κ1) is 13.6. The Labute approximate surface area is 116 Å². The van der Waals surface area contributed by atoms with Gasteiger partial charge in [-0.05, 0) is 18.2 Å². The van der Waals surface area contributed by atoms with Crippen LogP contribution in [-0.4, -0.2) is 31.7 Å². The van der Waals surface area contributed by atoms with E-state index in [0.717, 1.165) is 16.4 Å². The molecule has 0 aliphatic rings. The fourth-order valence-corrected chi connectivity index (χ4v) is 2.10. The summed E-state index contributed by atoms with van der Waals surface area (Å²) in [7, 11) is 0. The molecular weight excluding hydrogens is 295 g/mol. The lowest BCUT2D eigenvalue weighted by Gasteiger charge is -2.04. The van der Waals surface area contributed by atoms with Crippen LogP contribution >= 0.6 is 23.4 Å². The van der Waals surface area contributed by atoms with Gasteiger partial charge in [0.05, 0.1) is 11.3 Å². The monoisotopic (exact) mass is 302 g/mol. The Morgan fingerprint density at radius 3 is 2.95 bits per heavy atom. The molecule has 0 aliphatic carbocycles. The standard InChI is InChI=1S/C10H8ClFN4O2S/c11-5-1-2-7(12)6(3-5)9-14-15-10(16(9)13)19-4-8(17)18/h1-3H,4,13H2,(H,17,18). The van der Waals surface area contributed by atoms with Crippen LogP contribution in [0.5, 0.6) is 0 Å². The Morgan fingerprint density at radius 1 is 1.53 bits per heavy atom. The molecule has 2 aromatic rings. The van der Waals surface area contributed by atoms with Crippen LogP contribution in [0.4, 0.5) is 4.39 Å². The highest BCUT2D eigenvalue weighted by Gasteiger charge is 2.16. The van der Waals surface area contributed by atoms with Crippen molar-refractivity contribution in [2.45, 2.75) is 5.16 Å². The van der Waals surface area contributed by atoms with E-state index in [2.05, 4.69) is 10.2 Å². The van der Waals surface area contributed by atoms with Gasteiger partial charge in [0.1, 0.15) is 5.82 Å². The second-order valence-electron chi connectivity index (χ2n) is 3.48. The number of halogens is 2. The Morgan fingerprint density at radius 2 is 2.26 bits per heavy atom. The number of hydrogen-bond donors (Lipinski definition) is 2. The molecule has 0 radical (unpaired) electrons. The van der Waals surface area contributed by atoms with Gasteiger partial charge in [0.2, 0.25) is 5.16 Å². The first-order chi connectivity index (χ1) is 8.99. The van der Waals surface area contributed by atoms with Gasteiger partial charge in [-0.3, -0.25) is 4.79 Å². The number of aliphatic carboxylic acids is 1. The number of rotatable bonds is 4. The van der Waals surface area contributed by atoms with Crippen molar-refractivity contribution in [2.24, 2.45) is 0 Å². The van der Waals surface area contributed by atoms with E-state index >= 15 is 0 Å². The average molecular weight is 303 g/mol. The van der Waals surface area contributed by atoms with Crippen LogP contribution in [0.25, 0.3) is 11.4 Å². The molecule has 2 rings (SSSR count). The molecule has 100 valence electrons. The lowest BCUT2D eigenvalue weighted by Crippen LogP contribution is -2.13. The third-order valence-electron chi connectivity index (χ3n) is 2.16. The van der Waals surface area contributed by atoms with E-state index in [9.17, 15) is 9.18 Å². The summed E-state index contributed by atoms with van der Waals surface area (Å²) in [6.07, 6.45) is 0. The van der Waals surface area contributed by atoms with E-state index in [-0.39, 0.29) is 22.3 Å². The molecule has 9 heteroatoms. The highest BCUT2D eigenvalue weighted by atomic mass is 35.5. The van der Waals surface area contributed by atoms with Gasteiger partial charge in [-0.2, -0.15) is 0 Å². The number of carboxylic acid groups (broad SMARTS) is 1. The number of carboxylic acids is 1. The number of aromatic nitrogens is 3. The molecule has 6 nitrogen and oxygen atoms in total. The molecule has 1 heterocycles. The Kier molecular flexibility index (Phi) is 3.91. The molecule has 1 aromatic heterocycles. The zero-order chi connectivity index (χ0) is 14.0. The summed E-state index contributed by atoms with van der Waals surface area (Å²) in [5, 5.41) is 16.5. The van der Waals surface area contributed by atoms with Crippen LogP contribution in [0.2, 0.25) is 5.02 Å². The summed E-state index contributed by atoms with van der Waals surface area (Å²) in [5.41, 5.74) is 0.102. The van der Waals surface area contributed by atoms with Crippen molar-refractivity contribution in [3.05, 3.63) is 29.0 Å². The minimum Gasteiger partial charge on any atom is -0.481 e. The maximum absolute atomic E-state index is 13.7. The first-order valence-electron chi connectivity index (χ1n) is 4.99. The highest BCUT2D eigenvalue weighted by Crippen LogP contribution is 2.26. The van der Waals surface area contributed by atoms with Crippen LogP contribution in [0.3, 0.4) is 0 Å². The number of thioether (sulfide) groups is 1. The third-order valence-corrected chi connectivity index (χ3v) is 3.32. The predicted molar refractivity (Wildman–Crippen MR) is 68.9 cm³/mol. The van der Waals surface area contributed by atoms with Gasteiger partial charge in [-0.25, -0.2) is 9.07 Å². The van der Waals surface area contributed by atoms with Gasteiger partial charge in [-0.15, -0.1) is 10.2 Å². The SMILES string of the molecule is Nn1c(SCC(=O)O)nnc1-c1cc(Cl)ccc1F. The molecular formula is C10H8ClFN4O2S. The average Bonchev–Trinajstić information content (AvgIpc) is 2.71. The molecule has 1 aromatic carbocycles.